The van der Waals surface area contributed by atoms with Crippen molar-refractivity contribution in [3.8, 4) is 5.75 Å². The maximum Gasteiger partial charge on any atom is 0.251 e. The molecule has 0 heterocycles. The van der Waals surface area contributed by atoms with Crippen LogP contribution in [-0.4, -0.2) is 44.1 Å². The third-order valence-electron chi connectivity index (χ3n) is 6.18. The van der Waals surface area contributed by atoms with Gasteiger partial charge in [-0.05, 0) is 94.4 Å². The summed E-state index contributed by atoms with van der Waals surface area (Å²) in [6.45, 7) is 4.45. The van der Waals surface area contributed by atoms with Crippen molar-refractivity contribution in [2.75, 3.05) is 27.2 Å². The molecule has 0 atom stereocenters. The Morgan fingerprint density at radius 1 is 0.780 bits per heavy atom. The van der Waals surface area contributed by atoms with E-state index < -0.39 is 41.0 Å². The van der Waals surface area contributed by atoms with Crippen molar-refractivity contribution in [1.29, 1.82) is 0 Å². The van der Waals surface area contributed by atoms with Crippen molar-refractivity contribution in [3.63, 3.8) is 0 Å². The average Bonchev–Trinajstić information content (AvgIpc) is 2.89. The highest BCUT2D eigenvalue weighted by atomic mass is 19.2. The Hall–Kier alpha value is -3.98. The molecule has 0 aliphatic carbocycles. The van der Waals surface area contributed by atoms with Crippen molar-refractivity contribution in [3.05, 3.63) is 112 Å². The SMILES string of the molecule is C/C(=C/c1ccc(F)c(F)c1)CC(C/C(C)=C\c1ccc(F)c(F)c1)NC(=O)c1ccc(OCCN(C)C)c(F)c1. The van der Waals surface area contributed by atoms with E-state index in [4.69, 9.17) is 4.74 Å². The second kappa shape index (κ2) is 14.6. The van der Waals surface area contributed by atoms with Crippen molar-refractivity contribution >= 4 is 18.1 Å². The van der Waals surface area contributed by atoms with Gasteiger partial charge in [0.25, 0.3) is 5.91 Å². The Morgan fingerprint density at radius 3 is 1.78 bits per heavy atom. The average molecular weight is 573 g/mol. The monoisotopic (exact) mass is 572 g/mol. The van der Waals surface area contributed by atoms with Gasteiger partial charge in [-0.15, -0.1) is 0 Å². The van der Waals surface area contributed by atoms with Crippen molar-refractivity contribution < 1.29 is 31.5 Å². The molecule has 0 spiro atoms. The molecule has 0 aliphatic rings. The van der Waals surface area contributed by atoms with E-state index in [2.05, 4.69) is 5.32 Å². The number of likely N-dealkylation sites (N-methyl/N-ethyl adjacent to an activating group) is 1. The lowest BCUT2D eigenvalue weighted by atomic mass is 9.97. The van der Waals surface area contributed by atoms with Crippen LogP contribution in [0.5, 0.6) is 5.75 Å². The highest BCUT2D eigenvalue weighted by molar-refractivity contribution is 5.94. The van der Waals surface area contributed by atoms with Crippen LogP contribution in [0.1, 0.15) is 48.2 Å². The van der Waals surface area contributed by atoms with Gasteiger partial charge in [-0.1, -0.05) is 35.4 Å². The van der Waals surface area contributed by atoms with Gasteiger partial charge in [0.05, 0.1) is 0 Å². The van der Waals surface area contributed by atoms with Crippen LogP contribution in [0, 0.1) is 29.1 Å². The summed E-state index contributed by atoms with van der Waals surface area (Å²) >= 11 is 0. The van der Waals surface area contributed by atoms with Gasteiger partial charge in [-0.3, -0.25) is 4.79 Å². The lowest BCUT2D eigenvalue weighted by Crippen LogP contribution is -2.35. The molecule has 41 heavy (non-hydrogen) atoms. The number of halogens is 5. The fourth-order valence-electron chi connectivity index (χ4n) is 4.21. The molecule has 4 nitrogen and oxygen atoms in total. The second-order valence-electron chi connectivity index (χ2n) is 10.2. The van der Waals surface area contributed by atoms with Gasteiger partial charge >= 0.3 is 0 Å². The van der Waals surface area contributed by atoms with Gasteiger partial charge < -0.3 is 15.0 Å². The Bertz CT molecular complexity index is 1370. The first-order valence-corrected chi connectivity index (χ1v) is 13.0. The van der Waals surface area contributed by atoms with Crippen LogP contribution in [0.15, 0.2) is 65.7 Å². The van der Waals surface area contributed by atoms with Crippen molar-refractivity contribution in [1.82, 2.24) is 10.2 Å². The summed E-state index contributed by atoms with van der Waals surface area (Å²) in [6.07, 6.45) is 4.00. The number of carbonyl (C=O) groups is 1. The summed E-state index contributed by atoms with van der Waals surface area (Å²) in [5, 5.41) is 2.91. The van der Waals surface area contributed by atoms with E-state index in [9.17, 15) is 26.7 Å². The quantitative estimate of drug-likeness (QED) is 0.230. The molecule has 1 amide bonds. The molecule has 0 bridgehead atoms. The maximum absolute atomic E-state index is 14.6. The van der Waals surface area contributed by atoms with Gasteiger partial charge in [0.1, 0.15) is 6.61 Å². The number of benzene rings is 3. The zero-order valence-electron chi connectivity index (χ0n) is 23.4. The van der Waals surface area contributed by atoms with Gasteiger partial charge in [0.15, 0.2) is 34.8 Å². The number of amides is 1. The van der Waals surface area contributed by atoms with E-state index in [1.807, 2.05) is 19.0 Å². The highest BCUT2D eigenvalue weighted by Crippen LogP contribution is 2.22. The zero-order valence-corrected chi connectivity index (χ0v) is 23.4. The Kier molecular flexibility index (Phi) is 11.2. The third-order valence-corrected chi connectivity index (χ3v) is 6.18. The van der Waals surface area contributed by atoms with Crippen LogP contribution in [0.25, 0.3) is 12.2 Å². The molecule has 3 aromatic carbocycles. The smallest absolute Gasteiger partial charge is 0.251 e. The summed E-state index contributed by atoms with van der Waals surface area (Å²) in [6, 6.07) is 10.6. The number of hydrogen-bond donors (Lipinski definition) is 1. The molecule has 0 aliphatic heterocycles. The predicted molar refractivity (Wildman–Crippen MR) is 151 cm³/mol. The molecule has 0 aromatic heterocycles. The summed E-state index contributed by atoms with van der Waals surface area (Å²) in [5.41, 5.74) is 2.52. The van der Waals surface area contributed by atoms with Gasteiger partial charge in [-0.25, -0.2) is 22.0 Å². The lowest BCUT2D eigenvalue weighted by molar-refractivity contribution is 0.0936. The van der Waals surface area contributed by atoms with E-state index in [1.54, 1.807) is 26.0 Å². The number of hydrogen-bond acceptors (Lipinski definition) is 3. The molecular weight excluding hydrogens is 539 g/mol. The minimum atomic E-state index is -0.974. The first-order chi connectivity index (χ1) is 19.4. The van der Waals surface area contributed by atoms with E-state index in [0.29, 0.717) is 30.5 Å². The van der Waals surface area contributed by atoms with E-state index >= 15 is 0 Å². The summed E-state index contributed by atoms with van der Waals surface area (Å²) in [7, 11) is 3.74. The fraction of sp³-hybridized carbons (Fsp3) is 0.281. The lowest BCUT2D eigenvalue weighted by Gasteiger charge is -2.20. The molecule has 0 unspecified atom stereocenters. The molecule has 9 heteroatoms. The number of ether oxygens (including phenoxy) is 1. The number of nitrogens with one attached hydrogen (secondary N) is 1. The maximum atomic E-state index is 14.6. The van der Waals surface area contributed by atoms with Gasteiger partial charge in [0.2, 0.25) is 0 Å². The largest absolute Gasteiger partial charge is 0.489 e. The normalized spacial score (nSPS) is 12.9. The van der Waals surface area contributed by atoms with Crippen LogP contribution < -0.4 is 10.1 Å². The van der Waals surface area contributed by atoms with Crippen LogP contribution in [0.3, 0.4) is 0 Å². The fourth-order valence-corrected chi connectivity index (χ4v) is 4.21. The third kappa shape index (κ3) is 9.86. The number of rotatable bonds is 12. The zero-order chi connectivity index (χ0) is 30.1. The molecule has 1 N–H and O–H groups in total. The molecule has 0 fully saturated rings. The van der Waals surface area contributed by atoms with Gasteiger partial charge in [-0.2, -0.15) is 0 Å². The first kappa shape index (κ1) is 31.5. The topological polar surface area (TPSA) is 41.6 Å². The minimum Gasteiger partial charge on any atom is -0.489 e. The summed E-state index contributed by atoms with van der Waals surface area (Å²) in [4.78, 5) is 15.0. The number of nitrogens with zero attached hydrogens (tertiary/aromatic N) is 1. The van der Waals surface area contributed by atoms with Crippen LogP contribution >= 0.6 is 0 Å². The molecule has 3 aromatic rings. The van der Waals surface area contributed by atoms with E-state index in [0.717, 1.165) is 41.5 Å². The Labute approximate surface area is 237 Å². The molecule has 218 valence electrons. The predicted octanol–water partition coefficient (Wildman–Crippen LogP) is 7.41. The van der Waals surface area contributed by atoms with Crippen molar-refractivity contribution in [2.24, 2.45) is 0 Å². The molecule has 0 saturated carbocycles. The molecule has 3 rings (SSSR count). The Morgan fingerprint density at radius 2 is 1.32 bits per heavy atom. The van der Waals surface area contributed by atoms with Crippen LogP contribution in [-0.2, 0) is 0 Å². The van der Waals surface area contributed by atoms with E-state index in [-0.39, 0.29) is 17.9 Å². The molecular formula is C32H33F5N2O2. The standard InChI is InChI=1S/C32H33F5N2O2/c1-20(13-22-5-8-26(33)28(35)17-22)15-25(16-21(2)14-23-6-9-27(34)29(36)18-23)38-32(40)24-7-10-31(30(37)19-24)41-12-11-39(3)4/h5-10,13-14,17-19,25H,11-12,15-16H2,1-4H3,(H,38,40)/b20-13-,21-14-. The number of carbonyl (C=O) groups excluding carboxylic acids is 1. The second-order valence-corrected chi connectivity index (χ2v) is 10.2. The van der Waals surface area contributed by atoms with Crippen LogP contribution in [0.4, 0.5) is 22.0 Å². The Balaban J connectivity index is 1.80. The van der Waals surface area contributed by atoms with Crippen molar-refractivity contribution in [2.45, 2.75) is 32.7 Å². The van der Waals surface area contributed by atoms with Crippen LogP contribution in [0.2, 0.25) is 0 Å². The molecule has 0 saturated heterocycles. The highest BCUT2D eigenvalue weighted by Gasteiger charge is 2.17. The summed E-state index contributed by atoms with van der Waals surface area (Å²) in [5.74, 6) is -5.01. The van der Waals surface area contributed by atoms with E-state index in [1.165, 1.54) is 24.3 Å². The molecule has 0 radical (unpaired) electrons. The minimum absolute atomic E-state index is 0.0376. The van der Waals surface area contributed by atoms with Gasteiger partial charge in [0, 0.05) is 18.2 Å². The summed E-state index contributed by atoms with van der Waals surface area (Å²) < 4.78 is 74.1. The first-order valence-electron chi connectivity index (χ1n) is 13.0.